The molecule has 4 heterocycles. The van der Waals surface area contributed by atoms with E-state index in [-0.39, 0.29) is 59.1 Å². The molecule has 6 rings (SSSR count). The van der Waals surface area contributed by atoms with Crippen molar-refractivity contribution in [3.63, 3.8) is 0 Å². The van der Waals surface area contributed by atoms with Gasteiger partial charge in [-0.3, -0.25) is 9.59 Å². The molecule has 0 spiro atoms. The van der Waals surface area contributed by atoms with Crippen molar-refractivity contribution in [2.75, 3.05) is 26.2 Å². The Kier molecular flexibility index (Phi) is 6.53. The maximum absolute atomic E-state index is 15.0. The predicted molar refractivity (Wildman–Crippen MR) is 148 cm³/mol. The minimum Gasteiger partial charge on any atom is -0.507 e. The summed E-state index contributed by atoms with van der Waals surface area (Å²) in [6.45, 7) is 8.22. The summed E-state index contributed by atoms with van der Waals surface area (Å²) in [4.78, 5) is 34.1. The summed E-state index contributed by atoms with van der Waals surface area (Å²) in [6.07, 6.45) is 1.88. The Morgan fingerprint density at radius 2 is 2.00 bits per heavy atom. The Hall–Kier alpha value is -4.31. The molecule has 0 saturated carbocycles. The lowest BCUT2D eigenvalue weighted by molar-refractivity contribution is -0.128. The van der Waals surface area contributed by atoms with Crippen molar-refractivity contribution in [1.82, 2.24) is 14.8 Å². The third-order valence-corrected chi connectivity index (χ3v) is 7.77. The Morgan fingerprint density at radius 3 is 2.76 bits per heavy atom. The van der Waals surface area contributed by atoms with Crippen molar-refractivity contribution >= 4 is 23.4 Å². The van der Waals surface area contributed by atoms with E-state index in [1.54, 1.807) is 21.9 Å². The van der Waals surface area contributed by atoms with E-state index >= 15 is 4.39 Å². The highest BCUT2D eigenvalue weighted by molar-refractivity contribution is 6.35. The number of ether oxygens (including phenoxy) is 3. The number of pyridine rings is 1. The van der Waals surface area contributed by atoms with Gasteiger partial charge in [0.2, 0.25) is 11.8 Å². The van der Waals surface area contributed by atoms with Crippen LogP contribution in [-0.4, -0.2) is 69.6 Å². The van der Waals surface area contributed by atoms with Gasteiger partial charge in [0.25, 0.3) is 5.91 Å². The third-order valence-electron chi connectivity index (χ3n) is 7.42. The fraction of sp³-hybridized carbons (Fsp3) is 0.300. The fourth-order valence-corrected chi connectivity index (χ4v) is 5.81. The van der Waals surface area contributed by atoms with Crippen LogP contribution in [0.25, 0.3) is 11.3 Å². The van der Waals surface area contributed by atoms with Crippen LogP contribution in [0.5, 0.6) is 28.9 Å². The lowest BCUT2D eigenvalue weighted by atomic mass is 10.0. The number of hydrogen-bond acceptors (Lipinski definition) is 7. The molecule has 1 aromatic heterocycles. The van der Waals surface area contributed by atoms with Crippen LogP contribution in [0, 0.1) is 5.82 Å². The van der Waals surface area contributed by atoms with E-state index in [0.29, 0.717) is 24.5 Å². The highest BCUT2D eigenvalue weighted by Gasteiger charge is 2.41. The van der Waals surface area contributed by atoms with E-state index in [2.05, 4.69) is 11.6 Å². The summed E-state index contributed by atoms with van der Waals surface area (Å²) in [5, 5.41) is 10.4. The Morgan fingerprint density at radius 1 is 1.22 bits per heavy atom. The number of aromatic nitrogens is 1. The molecule has 1 N–H and O–H groups in total. The average Bonchev–Trinajstić information content (AvgIpc) is 3.18. The van der Waals surface area contributed by atoms with Gasteiger partial charge in [0.05, 0.1) is 11.6 Å². The van der Waals surface area contributed by atoms with Gasteiger partial charge >= 0.3 is 0 Å². The standard InChI is InChI=1S/C30H27ClFN3O6/c1-4-21(37)34-11-12-35-17(14-34)15-39-27-23(29(35)38)28(33-25(24(27)31)22-18(32)8-6-9-19(22)36)40-20-10-5-7-16-13-30(2,3)41-26(16)20/h4-10,17,36H,1,11-15H2,2-3H3/t17-/m1/s1. The number of phenols is 1. The molecule has 3 aliphatic heterocycles. The minimum atomic E-state index is -0.771. The van der Waals surface area contributed by atoms with E-state index in [1.165, 1.54) is 18.2 Å². The van der Waals surface area contributed by atoms with Crippen LogP contribution in [0.15, 0.2) is 49.1 Å². The van der Waals surface area contributed by atoms with Crippen LogP contribution in [0.2, 0.25) is 5.02 Å². The van der Waals surface area contributed by atoms with Gasteiger partial charge in [-0.15, -0.1) is 0 Å². The number of carbonyl (C=O) groups excluding carboxylic acids is 2. The molecule has 1 atom stereocenters. The monoisotopic (exact) mass is 579 g/mol. The maximum Gasteiger partial charge on any atom is 0.263 e. The second kappa shape index (κ2) is 9.95. The van der Waals surface area contributed by atoms with Gasteiger partial charge in [0.15, 0.2) is 17.2 Å². The molecule has 3 aromatic rings. The second-order valence-electron chi connectivity index (χ2n) is 10.8. The van der Waals surface area contributed by atoms with Gasteiger partial charge in [-0.1, -0.05) is 36.4 Å². The lowest BCUT2D eigenvalue weighted by Crippen LogP contribution is -2.57. The molecule has 0 unspecified atom stereocenters. The number of amides is 2. The van der Waals surface area contributed by atoms with Crippen LogP contribution in [-0.2, 0) is 11.2 Å². The van der Waals surface area contributed by atoms with Gasteiger partial charge in [0.1, 0.15) is 40.1 Å². The quantitative estimate of drug-likeness (QED) is 0.435. The van der Waals surface area contributed by atoms with Gasteiger partial charge in [0, 0.05) is 31.6 Å². The number of carbonyl (C=O) groups is 2. The number of phenolic OH excluding ortho intramolecular Hbond substituents is 1. The van der Waals surface area contributed by atoms with Crippen molar-refractivity contribution in [3.05, 3.63) is 71.0 Å². The Balaban J connectivity index is 1.50. The third kappa shape index (κ3) is 4.61. The molecule has 1 saturated heterocycles. The van der Waals surface area contributed by atoms with Gasteiger partial charge in [-0.05, 0) is 38.1 Å². The Bertz CT molecular complexity index is 1590. The number of fused-ring (bicyclic) bond motifs is 3. The molecule has 3 aliphatic rings. The van der Waals surface area contributed by atoms with Crippen LogP contribution >= 0.6 is 11.6 Å². The van der Waals surface area contributed by atoms with Crippen molar-refractivity contribution in [1.29, 1.82) is 0 Å². The molecule has 11 heteroatoms. The number of aromatic hydroxyl groups is 1. The molecule has 212 valence electrons. The number of hydrogen-bond donors (Lipinski definition) is 1. The molecule has 1 fully saturated rings. The zero-order valence-corrected chi connectivity index (χ0v) is 23.2. The molecule has 0 aliphatic carbocycles. The first-order valence-corrected chi connectivity index (χ1v) is 13.5. The van der Waals surface area contributed by atoms with Gasteiger partial charge in [-0.25, -0.2) is 9.37 Å². The summed E-state index contributed by atoms with van der Waals surface area (Å²) in [6, 6.07) is 8.75. The summed E-state index contributed by atoms with van der Waals surface area (Å²) in [5.41, 5.74) is -0.00604. The van der Waals surface area contributed by atoms with Crippen molar-refractivity contribution in [2.24, 2.45) is 0 Å². The zero-order chi connectivity index (χ0) is 29.1. The second-order valence-corrected chi connectivity index (χ2v) is 11.1. The summed E-state index contributed by atoms with van der Waals surface area (Å²) >= 11 is 6.75. The van der Waals surface area contributed by atoms with Crippen molar-refractivity contribution < 1.29 is 33.3 Å². The molecule has 0 bridgehead atoms. The van der Waals surface area contributed by atoms with Gasteiger partial charge in [-0.2, -0.15) is 0 Å². The fourth-order valence-electron chi connectivity index (χ4n) is 5.52. The summed E-state index contributed by atoms with van der Waals surface area (Å²) in [7, 11) is 0. The number of para-hydroxylation sites is 1. The average molecular weight is 580 g/mol. The molecule has 2 aromatic carbocycles. The number of rotatable bonds is 4. The first-order valence-electron chi connectivity index (χ1n) is 13.1. The van der Waals surface area contributed by atoms with Crippen molar-refractivity contribution in [2.45, 2.75) is 31.9 Å². The molecule has 2 amide bonds. The van der Waals surface area contributed by atoms with E-state index in [4.69, 9.17) is 25.8 Å². The summed E-state index contributed by atoms with van der Waals surface area (Å²) < 4.78 is 33.6. The maximum atomic E-state index is 15.0. The van der Waals surface area contributed by atoms with E-state index in [9.17, 15) is 14.7 Å². The van der Waals surface area contributed by atoms with E-state index < -0.39 is 29.1 Å². The minimum absolute atomic E-state index is 0.00354. The van der Waals surface area contributed by atoms with E-state index in [1.807, 2.05) is 19.9 Å². The Labute approximate surface area is 240 Å². The van der Waals surface area contributed by atoms with Crippen molar-refractivity contribution in [3.8, 4) is 40.1 Å². The van der Waals surface area contributed by atoms with Crippen LogP contribution in [0.4, 0.5) is 4.39 Å². The predicted octanol–water partition coefficient (Wildman–Crippen LogP) is 4.98. The topological polar surface area (TPSA) is 101 Å². The van der Waals surface area contributed by atoms with Gasteiger partial charge < -0.3 is 29.1 Å². The number of nitrogens with zero attached hydrogens (tertiary/aromatic N) is 3. The molecule has 0 radical (unpaired) electrons. The lowest BCUT2D eigenvalue weighted by Gasteiger charge is -2.39. The van der Waals surface area contributed by atoms with Crippen LogP contribution in [0.1, 0.15) is 29.8 Å². The van der Waals surface area contributed by atoms with Crippen LogP contribution < -0.4 is 14.2 Å². The number of halogens is 2. The SMILES string of the molecule is C=CC(=O)N1CCN2C(=O)c3c(Oc4cccc5c4OC(C)(C)C5)nc(-c4c(O)cccc4F)c(Cl)c3OC[C@H]2C1. The first kappa shape index (κ1) is 26.9. The van der Waals surface area contributed by atoms with E-state index in [0.717, 1.165) is 11.6 Å². The van der Waals surface area contributed by atoms with Crippen LogP contribution in [0.3, 0.4) is 0 Å². The molecule has 41 heavy (non-hydrogen) atoms. The normalized spacial score (nSPS) is 18.8. The molecule has 9 nitrogen and oxygen atoms in total. The highest BCUT2D eigenvalue weighted by atomic mass is 35.5. The zero-order valence-electron chi connectivity index (χ0n) is 22.4. The summed E-state index contributed by atoms with van der Waals surface area (Å²) in [5.74, 6) is -1.29. The largest absolute Gasteiger partial charge is 0.507 e. The first-order chi connectivity index (χ1) is 19.6. The number of benzene rings is 2. The molecular formula is C30H27ClFN3O6. The highest BCUT2D eigenvalue weighted by Crippen LogP contribution is 2.49. The number of piperazine rings is 1. The smallest absolute Gasteiger partial charge is 0.263 e. The molecular weight excluding hydrogens is 553 g/mol.